The van der Waals surface area contributed by atoms with E-state index < -0.39 is 17.2 Å². The highest BCUT2D eigenvalue weighted by molar-refractivity contribution is 6.10. The van der Waals surface area contributed by atoms with E-state index in [1.54, 1.807) is 0 Å². The van der Waals surface area contributed by atoms with Crippen molar-refractivity contribution in [3.63, 3.8) is 0 Å². The normalized spacial score (nSPS) is 11.1. The third-order valence-corrected chi connectivity index (χ3v) is 4.44. The van der Waals surface area contributed by atoms with Crippen molar-refractivity contribution in [3.05, 3.63) is 46.3 Å². The molecule has 2 aromatic heterocycles. The fraction of sp³-hybridized carbons (Fsp3) is 0.100. The number of rotatable bonds is 4. The number of phenolic OH excluding ortho intramolecular Hbond substituents is 1. The van der Waals surface area contributed by atoms with Gasteiger partial charge in [-0.1, -0.05) is 0 Å². The molecule has 2 aromatic carbocycles. The topological polar surface area (TPSA) is 140 Å². The third kappa shape index (κ3) is 2.80. The van der Waals surface area contributed by atoms with Gasteiger partial charge >= 0.3 is 5.97 Å². The first kappa shape index (κ1) is 18.2. The summed E-state index contributed by atoms with van der Waals surface area (Å²) >= 11 is 0. The standard InChI is InChI=1S/C20H14O9/c1-26-13-3-8(4-14(27-2)18(13)23)19-17(22)10-7-15(20(24)25)28-11-5-9(21)6-12(29-19)16(10)11/h3-7,22-23H,1-2H3,(H,24,25). The molecule has 0 saturated heterocycles. The molecule has 0 radical (unpaired) electrons. The highest BCUT2D eigenvalue weighted by atomic mass is 16.5. The second-order valence-corrected chi connectivity index (χ2v) is 6.13. The van der Waals surface area contributed by atoms with Crippen molar-refractivity contribution >= 4 is 27.9 Å². The van der Waals surface area contributed by atoms with Crippen LogP contribution in [0.2, 0.25) is 0 Å². The van der Waals surface area contributed by atoms with Crippen LogP contribution in [-0.2, 0) is 0 Å². The first-order valence-electron chi connectivity index (χ1n) is 8.26. The maximum atomic E-state index is 12.0. The summed E-state index contributed by atoms with van der Waals surface area (Å²) in [5, 5.41) is 30.6. The third-order valence-electron chi connectivity index (χ3n) is 4.44. The van der Waals surface area contributed by atoms with Gasteiger partial charge in [0.25, 0.3) is 0 Å². The number of aromatic carboxylic acids is 1. The molecule has 0 atom stereocenters. The van der Waals surface area contributed by atoms with Crippen molar-refractivity contribution in [1.82, 2.24) is 0 Å². The Bertz CT molecular complexity index is 1320. The maximum absolute atomic E-state index is 12.0. The van der Waals surface area contributed by atoms with Crippen LogP contribution in [0.5, 0.6) is 23.0 Å². The summed E-state index contributed by atoms with van der Waals surface area (Å²) < 4.78 is 21.2. The van der Waals surface area contributed by atoms with Gasteiger partial charge in [0.2, 0.25) is 11.5 Å². The summed E-state index contributed by atoms with van der Waals surface area (Å²) in [6, 6.07) is 6.26. The molecular formula is C20H14O9. The molecule has 29 heavy (non-hydrogen) atoms. The van der Waals surface area contributed by atoms with Gasteiger partial charge in [0, 0.05) is 29.1 Å². The number of carbonyl (C=O) groups is 1. The maximum Gasteiger partial charge on any atom is 0.371 e. The number of carboxylic acids is 1. The van der Waals surface area contributed by atoms with Crippen molar-refractivity contribution < 1.29 is 38.4 Å². The minimum Gasteiger partial charge on any atom is -0.504 e. The van der Waals surface area contributed by atoms with Crippen LogP contribution in [0.15, 0.2) is 44.0 Å². The van der Waals surface area contributed by atoms with Crippen molar-refractivity contribution in [2.24, 2.45) is 0 Å². The molecule has 9 nitrogen and oxygen atoms in total. The van der Waals surface area contributed by atoms with Crippen LogP contribution in [0.25, 0.3) is 33.3 Å². The van der Waals surface area contributed by atoms with E-state index in [1.165, 1.54) is 32.4 Å². The smallest absolute Gasteiger partial charge is 0.371 e. The van der Waals surface area contributed by atoms with E-state index in [-0.39, 0.29) is 56.3 Å². The largest absolute Gasteiger partial charge is 0.504 e. The molecule has 0 aliphatic carbocycles. The zero-order valence-corrected chi connectivity index (χ0v) is 15.2. The number of benzene rings is 2. The van der Waals surface area contributed by atoms with Gasteiger partial charge in [-0.25, -0.2) is 4.79 Å². The Morgan fingerprint density at radius 2 is 1.48 bits per heavy atom. The minimum absolute atomic E-state index is 0.0335. The van der Waals surface area contributed by atoms with E-state index in [4.69, 9.17) is 18.3 Å². The molecule has 0 spiro atoms. The van der Waals surface area contributed by atoms with Gasteiger partial charge in [0.1, 0.15) is 11.2 Å². The van der Waals surface area contributed by atoms with Crippen LogP contribution in [0.3, 0.4) is 0 Å². The Kier molecular flexibility index (Phi) is 4.08. The monoisotopic (exact) mass is 398 g/mol. The fourth-order valence-corrected chi connectivity index (χ4v) is 3.14. The Morgan fingerprint density at radius 3 is 2.03 bits per heavy atom. The highest BCUT2D eigenvalue weighted by Gasteiger charge is 2.22. The quantitative estimate of drug-likeness (QED) is 0.472. The lowest BCUT2D eigenvalue weighted by molar-refractivity contribution is 0.0663. The molecule has 0 aliphatic heterocycles. The van der Waals surface area contributed by atoms with E-state index in [0.717, 1.165) is 12.1 Å². The number of hydrogen-bond acceptors (Lipinski definition) is 8. The summed E-state index contributed by atoms with van der Waals surface area (Å²) in [6.45, 7) is 0. The van der Waals surface area contributed by atoms with Crippen LogP contribution in [0.1, 0.15) is 10.6 Å². The highest BCUT2D eigenvalue weighted by Crippen LogP contribution is 2.45. The molecule has 0 fully saturated rings. The molecule has 0 aliphatic rings. The van der Waals surface area contributed by atoms with Gasteiger partial charge in [-0.15, -0.1) is 0 Å². The van der Waals surface area contributed by atoms with Crippen LogP contribution < -0.4 is 14.9 Å². The lowest BCUT2D eigenvalue weighted by Crippen LogP contribution is -2.01. The number of ether oxygens (including phenoxy) is 2. The number of methoxy groups -OCH3 is 2. The summed E-state index contributed by atoms with van der Waals surface area (Å²) in [5.74, 6) is -2.41. The van der Waals surface area contributed by atoms with Crippen LogP contribution in [-0.4, -0.2) is 35.5 Å². The molecule has 0 unspecified atom stereocenters. The Morgan fingerprint density at radius 1 is 0.897 bits per heavy atom. The lowest BCUT2D eigenvalue weighted by atomic mass is 10.0. The number of aromatic hydroxyl groups is 2. The lowest BCUT2D eigenvalue weighted by Gasteiger charge is -2.14. The minimum atomic E-state index is -1.37. The molecule has 3 N–H and O–H groups in total. The van der Waals surface area contributed by atoms with Crippen LogP contribution in [0, 0.1) is 0 Å². The van der Waals surface area contributed by atoms with Crippen LogP contribution >= 0.6 is 0 Å². The first-order chi connectivity index (χ1) is 13.8. The average Bonchev–Trinajstić information content (AvgIpc) is 2.69. The van der Waals surface area contributed by atoms with Gasteiger partial charge in [-0.2, -0.15) is 0 Å². The molecular weight excluding hydrogens is 384 g/mol. The van der Waals surface area contributed by atoms with Crippen molar-refractivity contribution in [1.29, 1.82) is 0 Å². The number of phenols is 1. The molecule has 148 valence electrons. The van der Waals surface area contributed by atoms with Gasteiger partial charge in [-0.05, 0) is 12.1 Å². The summed E-state index contributed by atoms with van der Waals surface area (Å²) in [7, 11) is 2.68. The predicted molar refractivity (Wildman–Crippen MR) is 101 cm³/mol. The molecule has 0 bridgehead atoms. The second-order valence-electron chi connectivity index (χ2n) is 6.13. The van der Waals surface area contributed by atoms with Crippen molar-refractivity contribution in [2.75, 3.05) is 14.2 Å². The van der Waals surface area contributed by atoms with Crippen molar-refractivity contribution in [3.8, 4) is 34.3 Å². The van der Waals surface area contributed by atoms with E-state index in [0.29, 0.717) is 0 Å². The Balaban J connectivity index is 2.13. The average molecular weight is 398 g/mol. The Hall–Kier alpha value is -4.14. The SMILES string of the molecule is COc1cc(-c2oc3cc(=O)cc4oc(C(=O)O)cc(c2O)c43)cc(OC)c1O. The first-order valence-corrected chi connectivity index (χ1v) is 8.26. The van der Waals surface area contributed by atoms with Gasteiger partial charge in [0.15, 0.2) is 28.4 Å². The number of carboxylic acid groups (broad SMARTS) is 1. The molecule has 0 amide bonds. The van der Waals surface area contributed by atoms with Gasteiger partial charge < -0.3 is 33.6 Å². The fourth-order valence-electron chi connectivity index (χ4n) is 3.14. The predicted octanol–water partition coefficient (Wildman–Crippen LogP) is 3.33. The molecule has 2 heterocycles. The molecule has 4 rings (SSSR count). The van der Waals surface area contributed by atoms with E-state index in [2.05, 4.69) is 0 Å². The molecule has 4 aromatic rings. The second kappa shape index (κ2) is 6.48. The number of hydrogen-bond donors (Lipinski definition) is 3. The molecule has 0 saturated carbocycles. The summed E-state index contributed by atoms with van der Waals surface area (Å²) in [4.78, 5) is 23.4. The zero-order chi connectivity index (χ0) is 20.9. The zero-order valence-electron chi connectivity index (χ0n) is 15.2. The van der Waals surface area contributed by atoms with Crippen molar-refractivity contribution in [2.45, 2.75) is 0 Å². The summed E-state index contributed by atoms with van der Waals surface area (Å²) in [5.41, 5.74) is -0.149. The van der Waals surface area contributed by atoms with Gasteiger partial charge in [-0.3, -0.25) is 4.79 Å². The van der Waals surface area contributed by atoms with Crippen LogP contribution in [0.4, 0.5) is 0 Å². The van der Waals surface area contributed by atoms with E-state index >= 15 is 0 Å². The Labute approximate surface area is 161 Å². The summed E-state index contributed by atoms with van der Waals surface area (Å²) in [6.07, 6.45) is 0. The van der Waals surface area contributed by atoms with E-state index in [9.17, 15) is 24.9 Å². The van der Waals surface area contributed by atoms with Gasteiger partial charge in [0.05, 0.1) is 19.6 Å². The molecule has 9 heteroatoms. The van der Waals surface area contributed by atoms with E-state index in [1.807, 2.05) is 0 Å².